The standard InChI is InChI=1S/C18H15ClN2O6S/c1-26-15-7-5-14(18-12(15)3-2-8-20-18)21-28(24,25)11-4-6-16(13(19)9-11)27-10-17(22)23/h2-9,21H,10H2,1H3,(H,22,23). The van der Waals surface area contributed by atoms with E-state index >= 15 is 0 Å². The molecule has 3 aromatic rings. The Bertz CT molecular complexity index is 1150. The number of hydrogen-bond donors (Lipinski definition) is 2. The Morgan fingerprint density at radius 3 is 2.64 bits per heavy atom. The van der Waals surface area contributed by atoms with Crippen LogP contribution in [0.3, 0.4) is 0 Å². The molecule has 146 valence electrons. The maximum absolute atomic E-state index is 12.8. The Labute approximate surface area is 165 Å². The van der Waals surface area contributed by atoms with Gasteiger partial charge in [-0.05, 0) is 42.5 Å². The molecular formula is C18H15ClN2O6S. The predicted molar refractivity (Wildman–Crippen MR) is 104 cm³/mol. The van der Waals surface area contributed by atoms with Crippen LogP contribution in [-0.4, -0.2) is 38.2 Å². The number of carbonyl (C=O) groups is 1. The van der Waals surface area contributed by atoms with Crippen LogP contribution < -0.4 is 14.2 Å². The summed E-state index contributed by atoms with van der Waals surface area (Å²) in [5, 5.41) is 9.28. The number of methoxy groups -OCH3 is 1. The van der Waals surface area contributed by atoms with Crippen molar-refractivity contribution in [2.45, 2.75) is 4.90 Å². The number of ether oxygens (including phenoxy) is 2. The zero-order valence-electron chi connectivity index (χ0n) is 14.5. The number of fused-ring (bicyclic) bond motifs is 1. The summed E-state index contributed by atoms with van der Waals surface area (Å²) in [7, 11) is -2.47. The molecule has 8 nitrogen and oxygen atoms in total. The van der Waals surface area contributed by atoms with E-state index in [9.17, 15) is 13.2 Å². The molecule has 2 aromatic carbocycles. The van der Waals surface area contributed by atoms with Gasteiger partial charge in [0.15, 0.2) is 6.61 Å². The van der Waals surface area contributed by atoms with E-state index in [1.807, 2.05) is 0 Å². The molecule has 2 N–H and O–H groups in total. The van der Waals surface area contributed by atoms with Crippen LogP contribution in [0.4, 0.5) is 5.69 Å². The summed E-state index contributed by atoms with van der Waals surface area (Å²) in [5.74, 6) is -0.540. The molecule has 28 heavy (non-hydrogen) atoms. The molecule has 0 atom stereocenters. The molecular weight excluding hydrogens is 408 g/mol. The first-order chi connectivity index (χ1) is 13.3. The lowest BCUT2D eigenvalue weighted by molar-refractivity contribution is -0.139. The van der Waals surface area contributed by atoms with Crippen molar-refractivity contribution in [3.05, 3.63) is 53.7 Å². The number of aromatic nitrogens is 1. The molecule has 3 rings (SSSR count). The van der Waals surface area contributed by atoms with Gasteiger partial charge in [-0.25, -0.2) is 13.2 Å². The summed E-state index contributed by atoms with van der Waals surface area (Å²) >= 11 is 6.02. The van der Waals surface area contributed by atoms with E-state index in [2.05, 4.69) is 9.71 Å². The largest absolute Gasteiger partial charge is 0.496 e. The topological polar surface area (TPSA) is 115 Å². The number of benzene rings is 2. The molecule has 0 unspecified atom stereocenters. The van der Waals surface area contributed by atoms with Crippen LogP contribution in [0.1, 0.15) is 0 Å². The van der Waals surface area contributed by atoms with Gasteiger partial charge in [-0.3, -0.25) is 9.71 Å². The van der Waals surface area contributed by atoms with Crippen LogP contribution in [0.2, 0.25) is 5.02 Å². The molecule has 0 aliphatic rings. The number of carboxylic acid groups (broad SMARTS) is 1. The Kier molecular flexibility index (Phi) is 5.57. The van der Waals surface area contributed by atoms with Gasteiger partial charge in [0.25, 0.3) is 10.0 Å². The minimum absolute atomic E-state index is 0.0261. The Morgan fingerprint density at radius 1 is 1.21 bits per heavy atom. The van der Waals surface area contributed by atoms with Crippen molar-refractivity contribution in [3.8, 4) is 11.5 Å². The highest BCUT2D eigenvalue weighted by Crippen LogP contribution is 2.32. The van der Waals surface area contributed by atoms with Gasteiger partial charge in [-0.15, -0.1) is 0 Å². The van der Waals surface area contributed by atoms with Crippen molar-refractivity contribution in [2.75, 3.05) is 18.4 Å². The molecule has 0 amide bonds. The second-order valence-electron chi connectivity index (χ2n) is 5.60. The number of aliphatic carboxylic acids is 1. The molecule has 1 heterocycles. The first-order valence-corrected chi connectivity index (χ1v) is 9.76. The normalized spacial score (nSPS) is 11.2. The van der Waals surface area contributed by atoms with E-state index in [0.717, 1.165) is 0 Å². The number of rotatable bonds is 7. The number of sulfonamides is 1. The van der Waals surface area contributed by atoms with Crippen LogP contribution in [0, 0.1) is 0 Å². The van der Waals surface area contributed by atoms with Crippen molar-refractivity contribution in [3.63, 3.8) is 0 Å². The van der Waals surface area contributed by atoms with E-state index in [-0.39, 0.29) is 21.4 Å². The Balaban J connectivity index is 1.94. The van der Waals surface area contributed by atoms with Crippen molar-refractivity contribution in [1.29, 1.82) is 0 Å². The van der Waals surface area contributed by atoms with Gasteiger partial charge in [-0.1, -0.05) is 11.6 Å². The molecule has 0 saturated carbocycles. The van der Waals surface area contributed by atoms with E-state index in [1.165, 1.54) is 25.3 Å². The fraction of sp³-hybridized carbons (Fsp3) is 0.111. The summed E-state index contributed by atoms with van der Waals surface area (Å²) in [5.41, 5.74) is 0.705. The SMILES string of the molecule is COc1ccc(NS(=O)(=O)c2ccc(OCC(=O)O)c(Cl)c2)c2ncccc12. The molecule has 0 radical (unpaired) electrons. The number of hydrogen-bond acceptors (Lipinski definition) is 6. The summed E-state index contributed by atoms with van der Waals surface area (Å²) < 4.78 is 38.3. The first kappa shape index (κ1) is 19.7. The zero-order valence-corrected chi connectivity index (χ0v) is 16.1. The molecule has 0 aliphatic heterocycles. The minimum Gasteiger partial charge on any atom is -0.496 e. The van der Waals surface area contributed by atoms with E-state index in [4.69, 9.17) is 26.2 Å². The number of carboxylic acids is 1. The summed E-state index contributed by atoms with van der Waals surface area (Å²) in [6.07, 6.45) is 1.55. The van der Waals surface area contributed by atoms with Gasteiger partial charge in [0.1, 0.15) is 11.5 Å². The molecule has 0 bridgehead atoms. The van der Waals surface area contributed by atoms with Crippen LogP contribution in [0.15, 0.2) is 53.6 Å². The number of pyridine rings is 1. The summed E-state index contributed by atoms with van der Waals surface area (Å²) in [4.78, 5) is 14.7. The van der Waals surface area contributed by atoms with Gasteiger partial charge in [0, 0.05) is 11.6 Å². The summed E-state index contributed by atoms with van der Waals surface area (Å²) in [6, 6.07) is 10.4. The van der Waals surface area contributed by atoms with E-state index in [0.29, 0.717) is 16.7 Å². The van der Waals surface area contributed by atoms with Crippen LogP contribution in [0.5, 0.6) is 11.5 Å². The second kappa shape index (κ2) is 7.91. The highest BCUT2D eigenvalue weighted by Gasteiger charge is 2.19. The molecule has 1 aromatic heterocycles. The Hall–Kier alpha value is -3.04. The molecule has 0 aliphatic carbocycles. The van der Waals surface area contributed by atoms with Crippen molar-refractivity contribution in [2.24, 2.45) is 0 Å². The molecule has 0 fully saturated rings. The third kappa shape index (κ3) is 4.10. The lowest BCUT2D eigenvalue weighted by Gasteiger charge is -2.13. The van der Waals surface area contributed by atoms with E-state index < -0.39 is 22.6 Å². The lowest BCUT2D eigenvalue weighted by Crippen LogP contribution is -2.14. The quantitative estimate of drug-likeness (QED) is 0.600. The first-order valence-electron chi connectivity index (χ1n) is 7.90. The van der Waals surface area contributed by atoms with Crippen LogP contribution in [-0.2, 0) is 14.8 Å². The maximum Gasteiger partial charge on any atom is 0.341 e. The van der Waals surface area contributed by atoms with Gasteiger partial charge >= 0.3 is 5.97 Å². The summed E-state index contributed by atoms with van der Waals surface area (Å²) in [6.45, 7) is -0.590. The number of halogens is 1. The van der Waals surface area contributed by atoms with Crippen molar-refractivity contribution in [1.82, 2.24) is 4.98 Å². The molecule has 0 saturated heterocycles. The highest BCUT2D eigenvalue weighted by molar-refractivity contribution is 7.92. The highest BCUT2D eigenvalue weighted by atomic mass is 35.5. The monoisotopic (exact) mass is 422 g/mol. The second-order valence-corrected chi connectivity index (χ2v) is 7.68. The van der Waals surface area contributed by atoms with Gasteiger partial charge in [-0.2, -0.15) is 0 Å². The van der Waals surface area contributed by atoms with Gasteiger partial charge in [0.05, 0.1) is 28.2 Å². The average Bonchev–Trinajstić information content (AvgIpc) is 2.67. The van der Waals surface area contributed by atoms with Crippen LogP contribution >= 0.6 is 11.6 Å². The smallest absolute Gasteiger partial charge is 0.341 e. The third-order valence-corrected chi connectivity index (χ3v) is 5.42. The Morgan fingerprint density at radius 2 is 1.96 bits per heavy atom. The molecule has 10 heteroatoms. The fourth-order valence-corrected chi connectivity index (χ4v) is 3.91. The third-order valence-electron chi connectivity index (χ3n) is 3.76. The predicted octanol–water partition coefficient (Wildman–Crippen LogP) is 3.16. The van der Waals surface area contributed by atoms with E-state index in [1.54, 1.807) is 30.5 Å². The zero-order chi connectivity index (χ0) is 20.3. The number of nitrogens with zero attached hydrogens (tertiary/aromatic N) is 1. The van der Waals surface area contributed by atoms with Crippen molar-refractivity contribution < 1.29 is 27.8 Å². The lowest BCUT2D eigenvalue weighted by atomic mass is 10.2. The number of anilines is 1. The van der Waals surface area contributed by atoms with Crippen LogP contribution in [0.25, 0.3) is 10.9 Å². The van der Waals surface area contributed by atoms with Crippen molar-refractivity contribution >= 4 is 44.2 Å². The van der Waals surface area contributed by atoms with Gasteiger partial charge in [0.2, 0.25) is 0 Å². The number of nitrogens with one attached hydrogen (secondary N) is 1. The minimum atomic E-state index is -3.98. The van der Waals surface area contributed by atoms with Gasteiger partial charge < -0.3 is 14.6 Å². The fourth-order valence-electron chi connectivity index (χ4n) is 2.52. The maximum atomic E-state index is 12.8. The average molecular weight is 423 g/mol. The molecule has 0 spiro atoms.